The first kappa shape index (κ1) is 12.6. The normalized spacial score (nSPS) is 19.4. The summed E-state index contributed by atoms with van der Waals surface area (Å²) in [7, 11) is 0. The summed E-state index contributed by atoms with van der Waals surface area (Å²) in [6, 6.07) is 7.57. The minimum Gasteiger partial charge on any atom is -0.300 e. The lowest BCUT2D eigenvalue weighted by atomic mass is 9.85. The maximum Gasteiger partial charge on any atom is 0.0139 e. The Morgan fingerprint density at radius 1 is 1.29 bits per heavy atom. The molecule has 0 bridgehead atoms. The number of nitrogens with zero attached hydrogens (tertiary/aromatic N) is 1. The number of hydrogen-bond donors (Lipinski definition) is 0. The van der Waals surface area contributed by atoms with Crippen molar-refractivity contribution >= 4 is 0 Å². The van der Waals surface area contributed by atoms with Crippen LogP contribution < -0.4 is 0 Å². The number of rotatable bonds is 4. The van der Waals surface area contributed by atoms with Crippen molar-refractivity contribution in [3.63, 3.8) is 0 Å². The van der Waals surface area contributed by atoms with Gasteiger partial charge in [-0.15, -0.1) is 0 Å². The Morgan fingerprint density at radius 3 is 2.82 bits per heavy atom. The van der Waals surface area contributed by atoms with E-state index in [9.17, 15) is 0 Å². The van der Waals surface area contributed by atoms with Gasteiger partial charge in [-0.25, -0.2) is 0 Å². The van der Waals surface area contributed by atoms with Crippen molar-refractivity contribution in [2.75, 3.05) is 13.1 Å². The molecule has 0 spiro atoms. The molecule has 0 fully saturated rings. The second-order valence-electron chi connectivity index (χ2n) is 5.24. The first-order valence-electron chi connectivity index (χ1n) is 7.07. The van der Waals surface area contributed by atoms with Gasteiger partial charge in [-0.1, -0.05) is 32.0 Å². The van der Waals surface area contributed by atoms with E-state index in [1.165, 1.54) is 44.3 Å². The molecule has 1 atom stereocenters. The number of aryl methyl sites for hydroxylation is 1. The molecule has 1 aliphatic rings. The molecule has 1 aromatic carbocycles. The van der Waals surface area contributed by atoms with Gasteiger partial charge in [0.25, 0.3) is 0 Å². The predicted molar refractivity (Wildman–Crippen MR) is 74.5 cm³/mol. The topological polar surface area (TPSA) is 3.24 Å². The molecule has 17 heavy (non-hydrogen) atoms. The fourth-order valence-electron chi connectivity index (χ4n) is 3.18. The lowest BCUT2D eigenvalue weighted by molar-refractivity contribution is 0.189. The van der Waals surface area contributed by atoms with Crippen LogP contribution in [0.25, 0.3) is 0 Å². The minimum absolute atomic E-state index is 0.772. The molecule has 0 aromatic heterocycles. The van der Waals surface area contributed by atoms with Crippen LogP contribution in [-0.2, 0) is 12.8 Å². The predicted octanol–water partition coefficient (Wildman–Crippen LogP) is 3.58. The molecular formula is C16H25N. The van der Waals surface area contributed by atoms with E-state index in [0.29, 0.717) is 0 Å². The van der Waals surface area contributed by atoms with Crippen molar-refractivity contribution in [2.45, 2.75) is 52.5 Å². The quantitative estimate of drug-likeness (QED) is 0.765. The van der Waals surface area contributed by atoms with Crippen LogP contribution >= 0.6 is 0 Å². The van der Waals surface area contributed by atoms with Gasteiger partial charge in [0.1, 0.15) is 0 Å². The second kappa shape index (κ2) is 5.68. The van der Waals surface area contributed by atoms with Crippen molar-refractivity contribution in [1.82, 2.24) is 4.90 Å². The third-order valence-corrected chi connectivity index (χ3v) is 4.12. The van der Waals surface area contributed by atoms with Gasteiger partial charge >= 0.3 is 0 Å². The molecule has 0 heterocycles. The maximum atomic E-state index is 2.66. The standard InChI is InChI=1S/C16H25N/c1-4-11-17(5-2)15-9-10-16-13(3)7-6-8-14(16)12-15/h6-8,15H,4-5,9-12H2,1-3H3/t15-/m0/s1. The van der Waals surface area contributed by atoms with E-state index in [2.05, 4.69) is 43.9 Å². The van der Waals surface area contributed by atoms with Gasteiger partial charge in [0.2, 0.25) is 0 Å². The second-order valence-corrected chi connectivity index (χ2v) is 5.24. The van der Waals surface area contributed by atoms with Gasteiger partial charge < -0.3 is 4.90 Å². The maximum absolute atomic E-state index is 2.66. The molecule has 94 valence electrons. The summed E-state index contributed by atoms with van der Waals surface area (Å²) in [5, 5.41) is 0. The zero-order valence-corrected chi connectivity index (χ0v) is 11.5. The highest BCUT2D eigenvalue weighted by Crippen LogP contribution is 2.26. The van der Waals surface area contributed by atoms with Crippen LogP contribution in [0.2, 0.25) is 0 Å². The highest BCUT2D eigenvalue weighted by molar-refractivity contribution is 5.37. The molecule has 1 nitrogen and oxygen atoms in total. The Hall–Kier alpha value is -0.820. The third kappa shape index (κ3) is 2.71. The number of benzene rings is 1. The van der Waals surface area contributed by atoms with Crippen molar-refractivity contribution in [2.24, 2.45) is 0 Å². The summed E-state index contributed by atoms with van der Waals surface area (Å²) >= 11 is 0. The summed E-state index contributed by atoms with van der Waals surface area (Å²) in [6.45, 7) is 9.27. The molecule has 1 aromatic rings. The van der Waals surface area contributed by atoms with Crippen LogP contribution in [0.1, 0.15) is 43.4 Å². The van der Waals surface area contributed by atoms with E-state index < -0.39 is 0 Å². The highest BCUT2D eigenvalue weighted by Gasteiger charge is 2.23. The summed E-state index contributed by atoms with van der Waals surface area (Å²) in [6.07, 6.45) is 5.13. The van der Waals surface area contributed by atoms with Gasteiger partial charge in [0, 0.05) is 6.04 Å². The van der Waals surface area contributed by atoms with Crippen LogP contribution in [0.4, 0.5) is 0 Å². The number of likely N-dealkylation sites (N-methyl/N-ethyl adjacent to an activating group) is 1. The van der Waals surface area contributed by atoms with Crippen LogP contribution in [0.5, 0.6) is 0 Å². The van der Waals surface area contributed by atoms with E-state index in [-0.39, 0.29) is 0 Å². The lowest BCUT2D eigenvalue weighted by Gasteiger charge is -2.34. The molecule has 0 saturated carbocycles. The molecular weight excluding hydrogens is 206 g/mol. The van der Waals surface area contributed by atoms with Crippen molar-refractivity contribution in [1.29, 1.82) is 0 Å². The average Bonchev–Trinajstić information content (AvgIpc) is 2.36. The largest absolute Gasteiger partial charge is 0.300 e. The van der Waals surface area contributed by atoms with Gasteiger partial charge in [0.15, 0.2) is 0 Å². The smallest absolute Gasteiger partial charge is 0.0139 e. The molecule has 0 saturated heterocycles. The Kier molecular flexibility index (Phi) is 4.22. The monoisotopic (exact) mass is 231 g/mol. The first-order valence-corrected chi connectivity index (χ1v) is 7.07. The molecule has 1 heteroatoms. The zero-order valence-electron chi connectivity index (χ0n) is 11.5. The Morgan fingerprint density at radius 2 is 2.12 bits per heavy atom. The molecule has 0 unspecified atom stereocenters. The Labute approximate surface area is 106 Å². The minimum atomic E-state index is 0.772. The molecule has 0 aliphatic heterocycles. The molecule has 0 N–H and O–H groups in total. The SMILES string of the molecule is CCCN(CC)[C@H]1CCc2c(C)cccc2C1. The van der Waals surface area contributed by atoms with Crippen LogP contribution in [-0.4, -0.2) is 24.0 Å². The van der Waals surface area contributed by atoms with Crippen molar-refractivity contribution in [3.8, 4) is 0 Å². The van der Waals surface area contributed by atoms with Gasteiger partial charge in [-0.3, -0.25) is 0 Å². The fourth-order valence-corrected chi connectivity index (χ4v) is 3.18. The van der Waals surface area contributed by atoms with Gasteiger partial charge in [-0.2, -0.15) is 0 Å². The molecule has 2 rings (SSSR count). The fraction of sp³-hybridized carbons (Fsp3) is 0.625. The molecule has 0 radical (unpaired) electrons. The molecule has 0 amide bonds. The van der Waals surface area contributed by atoms with E-state index in [0.717, 1.165) is 6.04 Å². The van der Waals surface area contributed by atoms with Crippen LogP contribution in [0.3, 0.4) is 0 Å². The van der Waals surface area contributed by atoms with Crippen molar-refractivity contribution in [3.05, 3.63) is 34.9 Å². The number of hydrogen-bond acceptors (Lipinski definition) is 1. The van der Waals surface area contributed by atoms with Crippen molar-refractivity contribution < 1.29 is 0 Å². The first-order chi connectivity index (χ1) is 8.26. The zero-order chi connectivity index (χ0) is 12.3. The Balaban J connectivity index is 2.12. The number of fused-ring (bicyclic) bond motifs is 1. The third-order valence-electron chi connectivity index (χ3n) is 4.12. The van der Waals surface area contributed by atoms with Gasteiger partial charge in [0.05, 0.1) is 0 Å². The average molecular weight is 231 g/mol. The molecule has 1 aliphatic carbocycles. The van der Waals surface area contributed by atoms with E-state index in [1.54, 1.807) is 11.1 Å². The van der Waals surface area contributed by atoms with Crippen LogP contribution in [0, 0.1) is 6.92 Å². The van der Waals surface area contributed by atoms with Crippen LogP contribution in [0.15, 0.2) is 18.2 Å². The summed E-state index contributed by atoms with van der Waals surface area (Å²) in [5.74, 6) is 0. The Bertz CT molecular complexity index is 370. The summed E-state index contributed by atoms with van der Waals surface area (Å²) in [5.41, 5.74) is 4.70. The summed E-state index contributed by atoms with van der Waals surface area (Å²) < 4.78 is 0. The van der Waals surface area contributed by atoms with E-state index in [4.69, 9.17) is 0 Å². The lowest BCUT2D eigenvalue weighted by Crippen LogP contribution is -2.39. The summed E-state index contributed by atoms with van der Waals surface area (Å²) in [4.78, 5) is 2.66. The van der Waals surface area contributed by atoms with E-state index >= 15 is 0 Å². The highest BCUT2D eigenvalue weighted by atomic mass is 15.1. The van der Waals surface area contributed by atoms with Gasteiger partial charge in [-0.05, 0) is 62.4 Å². The van der Waals surface area contributed by atoms with E-state index in [1.807, 2.05) is 0 Å².